The van der Waals surface area contributed by atoms with Crippen molar-refractivity contribution in [1.29, 1.82) is 0 Å². The smallest absolute Gasteiger partial charge is 0.260 e. The van der Waals surface area contributed by atoms with Crippen molar-refractivity contribution in [2.75, 3.05) is 0 Å². The largest absolute Gasteiger partial charge is 0.321 e. The Kier molecular flexibility index (Phi) is 4.92. The molecule has 3 nitrogen and oxygen atoms in total. The Bertz CT molecular complexity index is 1260. The standard InChI is InChI=1S/C24H16ClNO2/c25-18-10-6-7-16(15-18)13-14-21(27)23-22(17-8-2-1-3-9-17)19-11-4-5-12-20(19)26-24(23)28/h1-15H,(H,26,28)/b14-13+. The fraction of sp³-hybridized carbons (Fsp3) is 0. The molecule has 1 N–H and O–H groups in total. The molecule has 28 heavy (non-hydrogen) atoms. The maximum atomic E-state index is 13.0. The molecule has 0 saturated heterocycles. The summed E-state index contributed by atoms with van der Waals surface area (Å²) in [5, 5.41) is 1.41. The van der Waals surface area contributed by atoms with Crippen molar-refractivity contribution < 1.29 is 4.79 Å². The van der Waals surface area contributed by atoms with E-state index in [1.807, 2.05) is 66.7 Å². The number of aromatic amines is 1. The van der Waals surface area contributed by atoms with Crippen LogP contribution in [-0.4, -0.2) is 10.8 Å². The van der Waals surface area contributed by atoms with E-state index in [1.54, 1.807) is 18.2 Å². The van der Waals surface area contributed by atoms with E-state index in [4.69, 9.17) is 11.6 Å². The minimum absolute atomic E-state index is 0.128. The molecule has 0 bridgehead atoms. The zero-order chi connectivity index (χ0) is 19.5. The predicted octanol–water partition coefficient (Wildman–Crippen LogP) is 5.74. The van der Waals surface area contributed by atoms with E-state index in [1.165, 1.54) is 6.08 Å². The summed E-state index contributed by atoms with van der Waals surface area (Å²) in [4.78, 5) is 28.6. The van der Waals surface area contributed by atoms with E-state index in [9.17, 15) is 9.59 Å². The monoisotopic (exact) mass is 385 g/mol. The SMILES string of the molecule is O=C(/C=C/c1cccc(Cl)c1)c1c(-c2ccccc2)c2ccccc2[nH]c1=O. The maximum absolute atomic E-state index is 13.0. The molecule has 0 spiro atoms. The molecule has 0 aliphatic rings. The van der Waals surface area contributed by atoms with Gasteiger partial charge in [-0.1, -0.05) is 78.3 Å². The van der Waals surface area contributed by atoms with Crippen LogP contribution in [0.2, 0.25) is 5.02 Å². The fourth-order valence-corrected chi connectivity index (χ4v) is 3.45. The van der Waals surface area contributed by atoms with Crippen molar-refractivity contribution in [2.24, 2.45) is 0 Å². The van der Waals surface area contributed by atoms with Gasteiger partial charge < -0.3 is 4.98 Å². The molecule has 4 aromatic rings. The van der Waals surface area contributed by atoms with Gasteiger partial charge in [0, 0.05) is 21.5 Å². The summed E-state index contributed by atoms with van der Waals surface area (Å²) in [5.74, 6) is -0.356. The lowest BCUT2D eigenvalue weighted by Crippen LogP contribution is -2.18. The van der Waals surface area contributed by atoms with Crippen LogP contribution in [-0.2, 0) is 0 Å². The highest BCUT2D eigenvalue weighted by Crippen LogP contribution is 2.29. The Balaban J connectivity index is 1.90. The molecule has 3 aromatic carbocycles. The van der Waals surface area contributed by atoms with Crippen LogP contribution in [0.4, 0.5) is 0 Å². The van der Waals surface area contributed by atoms with Gasteiger partial charge in [-0.15, -0.1) is 0 Å². The number of rotatable bonds is 4. The number of para-hydroxylation sites is 1. The lowest BCUT2D eigenvalue weighted by molar-refractivity contribution is 0.104. The molecule has 0 fully saturated rings. The Morgan fingerprint density at radius 3 is 2.43 bits per heavy atom. The highest BCUT2D eigenvalue weighted by Gasteiger charge is 2.18. The lowest BCUT2D eigenvalue weighted by Gasteiger charge is -2.11. The van der Waals surface area contributed by atoms with E-state index in [-0.39, 0.29) is 11.3 Å². The van der Waals surface area contributed by atoms with Crippen molar-refractivity contribution in [3.8, 4) is 11.1 Å². The Morgan fingerprint density at radius 2 is 1.64 bits per heavy atom. The van der Waals surface area contributed by atoms with Gasteiger partial charge in [0.2, 0.25) is 0 Å². The number of benzene rings is 3. The third kappa shape index (κ3) is 3.53. The van der Waals surface area contributed by atoms with Crippen LogP contribution in [0.25, 0.3) is 28.1 Å². The molecule has 0 saturated carbocycles. The van der Waals surface area contributed by atoms with Crippen molar-refractivity contribution in [1.82, 2.24) is 4.98 Å². The van der Waals surface area contributed by atoms with Crippen LogP contribution in [0.5, 0.6) is 0 Å². The first-order valence-electron chi connectivity index (χ1n) is 8.82. The summed E-state index contributed by atoms with van der Waals surface area (Å²) in [5.41, 5.74) is 2.67. The number of fused-ring (bicyclic) bond motifs is 1. The first-order chi connectivity index (χ1) is 13.6. The number of aromatic nitrogens is 1. The van der Waals surface area contributed by atoms with Gasteiger partial charge in [0.25, 0.3) is 5.56 Å². The van der Waals surface area contributed by atoms with Gasteiger partial charge in [-0.2, -0.15) is 0 Å². The number of nitrogens with one attached hydrogen (secondary N) is 1. The number of pyridine rings is 1. The number of carbonyl (C=O) groups is 1. The highest BCUT2D eigenvalue weighted by atomic mass is 35.5. The molecular formula is C24H16ClNO2. The first kappa shape index (κ1) is 18.0. The summed E-state index contributed by atoms with van der Waals surface area (Å²) < 4.78 is 0. The average Bonchev–Trinajstić information content (AvgIpc) is 2.71. The van der Waals surface area contributed by atoms with Gasteiger partial charge in [0.05, 0.1) is 5.56 Å². The number of carbonyl (C=O) groups excluding carboxylic acids is 1. The van der Waals surface area contributed by atoms with Crippen LogP contribution < -0.4 is 5.56 Å². The number of hydrogen-bond acceptors (Lipinski definition) is 2. The number of hydrogen-bond donors (Lipinski definition) is 1. The maximum Gasteiger partial charge on any atom is 0.260 e. The van der Waals surface area contributed by atoms with E-state index in [0.29, 0.717) is 16.1 Å². The molecular weight excluding hydrogens is 370 g/mol. The highest BCUT2D eigenvalue weighted by molar-refractivity contribution is 6.30. The molecule has 1 heterocycles. The molecule has 4 heteroatoms. The summed E-state index contributed by atoms with van der Waals surface area (Å²) in [6.45, 7) is 0. The lowest BCUT2D eigenvalue weighted by atomic mass is 9.94. The quantitative estimate of drug-likeness (QED) is 0.359. The van der Waals surface area contributed by atoms with Crippen molar-refractivity contribution in [3.63, 3.8) is 0 Å². The molecule has 0 atom stereocenters. The Morgan fingerprint density at radius 1 is 0.893 bits per heavy atom. The molecule has 136 valence electrons. The molecule has 0 aliphatic carbocycles. The van der Waals surface area contributed by atoms with Crippen molar-refractivity contribution in [2.45, 2.75) is 0 Å². The average molecular weight is 386 g/mol. The second kappa shape index (κ2) is 7.67. The van der Waals surface area contributed by atoms with Gasteiger partial charge in [-0.05, 0) is 35.4 Å². The van der Waals surface area contributed by atoms with Crippen molar-refractivity contribution >= 4 is 34.4 Å². The van der Waals surface area contributed by atoms with Crippen LogP contribution in [0.1, 0.15) is 15.9 Å². The summed E-state index contributed by atoms with van der Waals surface area (Å²) in [7, 11) is 0. The number of ketones is 1. The topological polar surface area (TPSA) is 49.9 Å². The second-order valence-corrected chi connectivity index (χ2v) is 6.80. The van der Waals surface area contributed by atoms with Crippen LogP contribution in [0, 0.1) is 0 Å². The fourth-order valence-electron chi connectivity index (χ4n) is 3.25. The Labute approximate surface area is 166 Å². The second-order valence-electron chi connectivity index (χ2n) is 6.37. The van der Waals surface area contributed by atoms with Gasteiger partial charge in [-0.25, -0.2) is 0 Å². The van der Waals surface area contributed by atoms with E-state index in [0.717, 1.165) is 16.5 Å². The molecule has 4 rings (SSSR count). The molecule has 0 amide bonds. The molecule has 0 radical (unpaired) electrons. The van der Waals surface area contributed by atoms with Gasteiger partial charge in [0.1, 0.15) is 0 Å². The molecule has 0 unspecified atom stereocenters. The van der Waals surface area contributed by atoms with Gasteiger partial charge in [0.15, 0.2) is 5.78 Å². The summed E-state index contributed by atoms with van der Waals surface area (Å²) >= 11 is 6.00. The predicted molar refractivity (Wildman–Crippen MR) is 115 cm³/mol. The minimum Gasteiger partial charge on any atom is -0.321 e. The normalized spacial score (nSPS) is 11.2. The van der Waals surface area contributed by atoms with Crippen LogP contribution in [0.3, 0.4) is 0 Å². The minimum atomic E-state index is -0.404. The number of halogens is 1. The number of allylic oxidation sites excluding steroid dienone is 1. The molecule has 1 aromatic heterocycles. The first-order valence-corrected chi connectivity index (χ1v) is 9.20. The van der Waals surface area contributed by atoms with Crippen LogP contribution in [0.15, 0.2) is 89.7 Å². The van der Waals surface area contributed by atoms with Gasteiger partial charge >= 0.3 is 0 Å². The van der Waals surface area contributed by atoms with Gasteiger partial charge in [-0.3, -0.25) is 9.59 Å². The summed E-state index contributed by atoms with van der Waals surface area (Å²) in [6, 6.07) is 24.2. The van der Waals surface area contributed by atoms with Crippen molar-refractivity contribution in [3.05, 3.63) is 111 Å². The van der Waals surface area contributed by atoms with E-state index in [2.05, 4.69) is 4.98 Å². The third-order valence-corrected chi connectivity index (χ3v) is 4.74. The zero-order valence-corrected chi connectivity index (χ0v) is 15.6. The zero-order valence-electron chi connectivity index (χ0n) is 14.9. The molecule has 0 aliphatic heterocycles. The number of H-pyrrole nitrogens is 1. The summed E-state index contributed by atoms with van der Waals surface area (Å²) in [6.07, 6.45) is 3.08. The van der Waals surface area contributed by atoms with E-state index >= 15 is 0 Å². The Hall–Kier alpha value is -3.43. The van der Waals surface area contributed by atoms with E-state index < -0.39 is 5.56 Å². The van der Waals surface area contributed by atoms with Crippen LogP contribution >= 0.6 is 11.6 Å². The third-order valence-electron chi connectivity index (χ3n) is 4.51.